The Kier molecular flexibility index (Phi) is 6.13. The van der Waals surface area contributed by atoms with Gasteiger partial charge in [0.05, 0.1) is 17.6 Å². The SMILES string of the molecule is CC(=O)N[C@@H]1[C@@H](O)[C@H](O)[C@@H](CO)O[C@H]1Sc1cccc([N+](=O)[O-])c1. The third-order valence-corrected chi connectivity index (χ3v) is 4.69. The van der Waals surface area contributed by atoms with E-state index >= 15 is 0 Å². The molecule has 1 aromatic rings. The molecule has 1 aliphatic heterocycles. The zero-order valence-electron chi connectivity index (χ0n) is 12.7. The van der Waals surface area contributed by atoms with Gasteiger partial charge in [-0.3, -0.25) is 14.9 Å². The second kappa shape index (κ2) is 7.90. The number of thioether (sulfide) groups is 1. The van der Waals surface area contributed by atoms with E-state index in [0.717, 1.165) is 11.8 Å². The Balaban J connectivity index is 2.24. The number of aliphatic hydroxyl groups excluding tert-OH is 3. The number of benzene rings is 1. The van der Waals surface area contributed by atoms with E-state index in [-0.39, 0.29) is 5.69 Å². The maximum absolute atomic E-state index is 11.3. The van der Waals surface area contributed by atoms with Gasteiger partial charge < -0.3 is 25.4 Å². The number of hydrogen-bond acceptors (Lipinski definition) is 8. The van der Waals surface area contributed by atoms with E-state index in [2.05, 4.69) is 5.32 Å². The predicted molar refractivity (Wildman–Crippen MR) is 84.3 cm³/mol. The summed E-state index contributed by atoms with van der Waals surface area (Å²) in [4.78, 5) is 22.2. The van der Waals surface area contributed by atoms with E-state index in [1.807, 2.05) is 0 Å². The Morgan fingerprint density at radius 1 is 1.42 bits per heavy atom. The lowest BCUT2D eigenvalue weighted by Crippen LogP contribution is -2.63. The van der Waals surface area contributed by atoms with E-state index in [1.54, 1.807) is 6.07 Å². The third kappa shape index (κ3) is 4.22. The fourth-order valence-electron chi connectivity index (χ4n) is 2.38. The first kappa shape index (κ1) is 18.6. The first-order chi connectivity index (χ1) is 11.3. The molecule has 1 amide bonds. The Hall–Kier alpha value is -1.72. The van der Waals surface area contributed by atoms with Crippen LogP contribution in [-0.2, 0) is 9.53 Å². The van der Waals surface area contributed by atoms with E-state index in [0.29, 0.717) is 4.90 Å². The molecule has 0 saturated carbocycles. The van der Waals surface area contributed by atoms with Crippen molar-refractivity contribution in [3.05, 3.63) is 34.4 Å². The summed E-state index contributed by atoms with van der Waals surface area (Å²) >= 11 is 1.05. The van der Waals surface area contributed by atoms with E-state index in [4.69, 9.17) is 4.74 Å². The molecule has 1 aromatic carbocycles. The molecule has 0 radical (unpaired) electrons. The molecule has 0 spiro atoms. The first-order valence-corrected chi connectivity index (χ1v) is 8.02. The van der Waals surface area contributed by atoms with E-state index < -0.39 is 47.2 Å². The molecule has 9 nitrogen and oxygen atoms in total. The number of hydrogen-bond donors (Lipinski definition) is 4. The van der Waals surface area contributed by atoms with Crippen molar-refractivity contribution in [2.24, 2.45) is 0 Å². The number of ether oxygens (including phenoxy) is 1. The lowest BCUT2D eigenvalue weighted by molar-refractivity contribution is -0.385. The molecule has 1 aliphatic rings. The molecule has 0 aromatic heterocycles. The number of carbonyl (C=O) groups excluding carboxylic acids is 1. The van der Waals surface area contributed by atoms with Crippen molar-refractivity contribution in [3.8, 4) is 0 Å². The van der Waals surface area contributed by atoms with Gasteiger partial charge in [0.15, 0.2) is 0 Å². The van der Waals surface area contributed by atoms with Crippen LogP contribution in [0.5, 0.6) is 0 Å². The highest BCUT2D eigenvalue weighted by molar-refractivity contribution is 7.99. The van der Waals surface area contributed by atoms with Gasteiger partial charge in [-0.25, -0.2) is 0 Å². The normalized spacial score (nSPS) is 29.9. The van der Waals surface area contributed by atoms with E-state index in [1.165, 1.54) is 25.1 Å². The molecular formula is C14H18N2O7S. The van der Waals surface area contributed by atoms with Gasteiger partial charge in [0, 0.05) is 24.0 Å². The van der Waals surface area contributed by atoms with Gasteiger partial charge in [0.25, 0.3) is 5.69 Å². The molecule has 4 N–H and O–H groups in total. The molecule has 2 rings (SSSR count). The molecule has 24 heavy (non-hydrogen) atoms. The molecule has 1 heterocycles. The minimum Gasteiger partial charge on any atom is -0.394 e. The molecule has 0 bridgehead atoms. The summed E-state index contributed by atoms with van der Waals surface area (Å²) in [6, 6.07) is 4.86. The number of aliphatic hydroxyl groups is 3. The first-order valence-electron chi connectivity index (χ1n) is 7.14. The number of rotatable bonds is 5. The summed E-state index contributed by atoms with van der Waals surface area (Å²) in [5, 5.41) is 42.8. The molecule has 0 aliphatic carbocycles. The number of non-ortho nitro benzene ring substituents is 1. The maximum atomic E-state index is 11.3. The number of nitro benzene ring substituents is 1. The standard InChI is InChI=1S/C14H18N2O7S/c1-7(18)15-11-13(20)12(19)10(6-17)23-14(11)24-9-4-2-3-8(5-9)16(21)22/h2-5,10-14,17,19-20H,6H2,1H3,(H,15,18)/t10-,11-,12-,13-,14+/m1/s1. The fraction of sp³-hybridized carbons (Fsp3) is 0.500. The second-order valence-electron chi connectivity index (χ2n) is 5.31. The smallest absolute Gasteiger partial charge is 0.270 e. The Bertz CT molecular complexity index is 615. The van der Waals surface area contributed by atoms with Crippen molar-refractivity contribution in [1.82, 2.24) is 5.32 Å². The van der Waals surface area contributed by atoms with Gasteiger partial charge in [-0.1, -0.05) is 17.8 Å². The van der Waals surface area contributed by atoms with Crippen molar-refractivity contribution < 1.29 is 29.8 Å². The highest BCUT2D eigenvalue weighted by Gasteiger charge is 2.45. The van der Waals surface area contributed by atoms with Crippen LogP contribution >= 0.6 is 11.8 Å². The van der Waals surface area contributed by atoms with Crippen LogP contribution in [-0.4, -0.2) is 62.5 Å². The van der Waals surface area contributed by atoms with Crippen LogP contribution in [0.4, 0.5) is 5.69 Å². The molecule has 0 unspecified atom stereocenters. The van der Waals surface area contributed by atoms with Gasteiger partial charge in [0.2, 0.25) is 5.91 Å². The van der Waals surface area contributed by atoms with Gasteiger partial charge in [-0.15, -0.1) is 0 Å². The molecule has 10 heteroatoms. The van der Waals surface area contributed by atoms with E-state index in [9.17, 15) is 30.2 Å². The Labute approximate surface area is 141 Å². The van der Waals surface area contributed by atoms with Gasteiger partial charge >= 0.3 is 0 Å². The lowest BCUT2D eigenvalue weighted by atomic mass is 9.98. The quantitative estimate of drug-likeness (QED) is 0.412. The summed E-state index contributed by atoms with van der Waals surface area (Å²) in [7, 11) is 0. The maximum Gasteiger partial charge on any atom is 0.270 e. The molecule has 5 atom stereocenters. The van der Waals surface area contributed by atoms with Crippen molar-refractivity contribution >= 4 is 23.4 Å². The van der Waals surface area contributed by atoms with Crippen molar-refractivity contribution in [1.29, 1.82) is 0 Å². The molecular weight excluding hydrogens is 340 g/mol. The zero-order chi connectivity index (χ0) is 17.9. The minimum absolute atomic E-state index is 0.105. The number of nitrogens with one attached hydrogen (secondary N) is 1. The largest absolute Gasteiger partial charge is 0.394 e. The van der Waals surface area contributed by atoms with Crippen LogP contribution in [0.3, 0.4) is 0 Å². The number of nitrogens with zero attached hydrogens (tertiary/aromatic N) is 1. The predicted octanol–water partition coefficient (Wildman–Crippen LogP) is -0.369. The van der Waals surface area contributed by atoms with Gasteiger partial charge in [-0.2, -0.15) is 0 Å². The zero-order valence-corrected chi connectivity index (χ0v) is 13.5. The minimum atomic E-state index is -1.37. The van der Waals surface area contributed by atoms with Crippen molar-refractivity contribution in [3.63, 3.8) is 0 Å². The Morgan fingerprint density at radius 3 is 2.71 bits per heavy atom. The number of carbonyl (C=O) groups is 1. The molecule has 1 saturated heterocycles. The third-order valence-electron chi connectivity index (χ3n) is 3.53. The molecule has 132 valence electrons. The topological polar surface area (TPSA) is 142 Å². The second-order valence-corrected chi connectivity index (χ2v) is 6.48. The highest BCUT2D eigenvalue weighted by Crippen LogP contribution is 2.34. The van der Waals surface area contributed by atoms with Gasteiger partial charge in [-0.05, 0) is 6.07 Å². The van der Waals surface area contributed by atoms with Crippen LogP contribution < -0.4 is 5.32 Å². The summed E-state index contributed by atoms with van der Waals surface area (Å²) in [6.45, 7) is 0.739. The van der Waals surface area contributed by atoms with Crippen LogP contribution in [0.2, 0.25) is 0 Å². The summed E-state index contributed by atoms with van der Waals surface area (Å²) in [5.41, 5.74) is -0.947. The number of amides is 1. The summed E-state index contributed by atoms with van der Waals surface area (Å²) in [6.07, 6.45) is -3.74. The summed E-state index contributed by atoms with van der Waals surface area (Å²) in [5.74, 6) is -0.429. The molecule has 1 fully saturated rings. The van der Waals surface area contributed by atoms with Crippen molar-refractivity contribution in [2.45, 2.75) is 41.6 Å². The number of nitro groups is 1. The average Bonchev–Trinajstić information content (AvgIpc) is 2.54. The van der Waals surface area contributed by atoms with Gasteiger partial charge in [0.1, 0.15) is 23.7 Å². The Morgan fingerprint density at radius 2 is 2.12 bits per heavy atom. The van der Waals surface area contributed by atoms with Crippen molar-refractivity contribution in [2.75, 3.05) is 6.61 Å². The van der Waals surface area contributed by atoms with Crippen LogP contribution in [0.25, 0.3) is 0 Å². The highest BCUT2D eigenvalue weighted by atomic mass is 32.2. The van der Waals surface area contributed by atoms with Crippen LogP contribution in [0.15, 0.2) is 29.2 Å². The van der Waals surface area contributed by atoms with Crippen LogP contribution in [0.1, 0.15) is 6.92 Å². The average molecular weight is 358 g/mol. The lowest BCUT2D eigenvalue weighted by Gasteiger charge is -2.42. The monoisotopic (exact) mass is 358 g/mol. The van der Waals surface area contributed by atoms with Crippen LogP contribution in [0, 0.1) is 10.1 Å². The fourth-order valence-corrected chi connectivity index (χ4v) is 3.56. The summed E-state index contributed by atoms with van der Waals surface area (Å²) < 4.78 is 5.55.